The Kier molecular flexibility index (Phi) is 3.39. The topological polar surface area (TPSA) is 60.9 Å². The second-order valence-corrected chi connectivity index (χ2v) is 4.28. The van der Waals surface area contributed by atoms with E-state index in [-0.39, 0.29) is 22.1 Å². The van der Waals surface area contributed by atoms with Crippen molar-refractivity contribution in [1.29, 1.82) is 0 Å². The minimum Gasteiger partial charge on any atom is -0.388 e. The van der Waals surface area contributed by atoms with Crippen LogP contribution in [0.4, 0.5) is 8.78 Å². The summed E-state index contributed by atoms with van der Waals surface area (Å²) >= 11 is 4.68. The minimum absolute atomic E-state index is 0.205. The number of nitrogens with zero attached hydrogens (tertiary/aromatic N) is 2. The van der Waals surface area contributed by atoms with E-state index in [0.717, 1.165) is 16.8 Å². The fourth-order valence-corrected chi connectivity index (χ4v) is 1.78. The Labute approximate surface area is 112 Å². The standard InChI is InChI=1S/C12H9F2N3OS/c1-6-5-9(18)10(12(15)19)16-17(6)11-7(13)3-2-4-8(11)14/h2-5H,1H3,(H2,15,19). The quantitative estimate of drug-likeness (QED) is 0.846. The number of rotatable bonds is 2. The molecule has 0 aliphatic heterocycles. The third-order valence-electron chi connectivity index (χ3n) is 2.49. The SMILES string of the molecule is Cc1cc(=O)c(C(N)=S)nn1-c1c(F)cccc1F. The predicted molar refractivity (Wildman–Crippen MR) is 70.4 cm³/mol. The summed E-state index contributed by atoms with van der Waals surface area (Å²) in [5, 5.41) is 3.82. The van der Waals surface area contributed by atoms with Gasteiger partial charge >= 0.3 is 0 Å². The first-order chi connectivity index (χ1) is 8.91. The lowest BCUT2D eigenvalue weighted by atomic mass is 10.2. The van der Waals surface area contributed by atoms with Crippen molar-refractivity contribution in [3.8, 4) is 5.69 Å². The van der Waals surface area contributed by atoms with Crippen molar-refractivity contribution in [1.82, 2.24) is 9.78 Å². The van der Waals surface area contributed by atoms with Gasteiger partial charge in [0.05, 0.1) is 0 Å². The van der Waals surface area contributed by atoms with E-state index in [0.29, 0.717) is 0 Å². The van der Waals surface area contributed by atoms with E-state index in [9.17, 15) is 13.6 Å². The van der Waals surface area contributed by atoms with Crippen LogP contribution < -0.4 is 11.2 Å². The van der Waals surface area contributed by atoms with Gasteiger partial charge in [0, 0.05) is 11.8 Å². The summed E-state index contributed by atoms with van der Waals surface area (Å²) in [4.78, 5) is 11.4. The number of halogens is 2. The molecule has 0 spiro atoms. The minimum atomic E-state index is -0.798. The van der Waals surface area contributed by atoms with Crippen molar-refractivity contribution >= 4 is 17.2 Å². The number of benzene rings is 1. The van der Waals surface area contributed by atoms with Crippen LogP contribution in [0.5, 0.6) is 0 Å². The van der Waals surface area contributed by atoms with Crippen LogP contribution >= 0.6 is 12.2 Å². The van der Waals surface area contributed by atoms with Gasteiger partial charge in [-0.2, -0.15) is 5.10 Å². The summed E-state index contributed by atoms with van der Waals surface area (Å²) < 4.78 is 28.4. The smallest absolute Gasteiger partial charge is 0.210 e. The van der Waals surface area contributed by atoms with Gasteiger partial charge in [0.25, 0.3) is 0 Å². The highest BCUT2D eigenvalue weighted by molar-refractivity contribution is 7.80. The van der Waals surface area contributed by atoms with Crippen molar-refractivity contribution in [2.75, 3.05) is 0 Å². The fraction of sp³-hybridized carbons (Fsp3) is 0.0833. The van der Waals surface area contributed by atoms with E-state index in [1.54, 1.807) is 0 Å². The number of aryl methyl sites for hydroxylation is 1. The summed E-state index contributed by atoms with van der Waals surface area (Å²) in [5.74, 6) is -1.60. The first-order valence-corrected chi connectivity index (χ1v) is 5.68. The highest BCUT2D eigenvalue weighted by Crippen LogP contribution is 2.17. The van der Waals surface area contributed by atoms with Gasteiger partial charge in [0.15, 0.2) is 17.3 Å². The van der Waals surface area contributed by atoms with Crippen molar-refractivity contribution in [2.24, 2.45) is 5.73 Å². The van der Waals surface area contributed by atoms with Crippen molar-refractivity contribution in [3.05, 3.63) is 57.5 Å². The molecule has 2 N–H and O–H groups in total. The number of thiocarbonyl (C=S) groups is 1. The maximum absolute atomic E-state index is 13.7. The molecule has 1 aromatic heterocycles. The summed E-state index contributed by atoms with van der Waals surface area (Å²) in [6, 6.07) is 4.60. The second kappa shape index (κ2) is 4.85. The zero-order valence-electron chi connectivity index (χ0n) is 9.85. The molecule has 0 amide bonds. The van der Waals surface area contributed by atoms with Crippen LogP contribution in [-0.4, -0.2) is 14.8 Å². The van der Waals surface area contributed by atoms with E-state index in [4.69, 9.17) is 5.73 Å². The van der Waals surface area contributed by atoms with Gasteiger partial charge < -0.3 is 5.73 Å². The maximum atomic E-state index is 13.7. The van der Waals surface area contributed by atoms with Crippen LogP contribution in [0.3, 0.4) is 0 Å². The second-order valence-electron chi connectivity index (χ2n) is 3.84. The van der Waals surface area contributed by atoms with Crippen molar-refractivity contribution in [3.63, 3.8) is 0 Å². The normalized spacial score (nSPS) is 10.5. The van der Waals surface area contributed by atoms with Gasteiger partial charge in [-0.3, -0.25) is 4.79 Å². The molecule has 1 aromatic carbocycles. The Morgan fingerprint density at radius 2 is 1.95 bits per heavy atom. The van der Waals surface area contributed by atoms with Gasteiger partial charge in [-0.1, -0.05) is 18.3 Å². The third kappa shape index (κ3) is 2.37. The van der Waals surface area contributed by atoms with Gasteiger partial charge in [-0.05, 0) is 19.1 Å². The van der Waals surface area contributed by atoms with Gasteiger partial charge in [-0.15, -0.1) is 0 Å². The van der Waals surface area contributed by atoms with E-state index >= 15 is 0 Å². The Balaban J connectivity index is 2.80. The molecule has 19 heavy (non-hydrogen) atoms. The van der Waals surface area contributed by atoms with E-state index in [1.165, 1.54) is 19.1 Å². The molecule has 0 saturated carbocycles. The number of hydrogen-bond acceptors (Lipinski definition) is 3. The van der Waals surface area contributed by atoms with E-state index in [1.807, 2.05) is 0 Å². The average molecular weight is 281 g/mol. The van der Waals surface area contributed by atoms with Crippen LogP contribution in [-0.2, 0) is 0 Å². The summed E-state index contributed by atoms with van der Waals surface area (Å²) in [5.41, 5.74) is 4.56. The first kappa shape index (κ1) is 13.3. The van der Waals surface area contributed by atoms with Gasteiger partial charge in [0.1, 0.15) is 10.7 Å². The molecule has 0 atom stereocenters. The molecular weight excluding hydrogens is 272 g/mol. The molecule has 0 bridgehead atoms. The molecule has 4 nitrogen and oxygen atoms in total. The summed E-state index contributed by atoms with van der Waals surface area (Å²) in [6.45, 7) is 1.50. The largest absolute Gasteiger partial charge is 0.388 e. The Morgan fingerprint density at radius 1 is 1.37 bits per heavy atom. The maximum Gasteiger partial charge on any atom is 0.210 e. The highest BCUT2D eigenvalue weighted by Gasteiger charge is 2.15. The fourth-order valence-electron chi connectivity index (χ4n) is 1.64. The zero-order valence-corrected chi connectivity index (χ0v) is 10.7. The lowest BCUT2D eigenvalue weighted by Crippen LogP contribution is -2.27. The zero-order chi connectivity index (χ0) is 14.2. The summed E-state index contributed by atoms with van der Waals surface area (Å²) in [7, 11) is 0. The van der Waals surface area contributed by atoms with Crippen LogP contribution in [0.15, 0.2) is 29.1 Å². The van der Waals surface area contributed by atoms with Crippen LogP contribution in [0, 0.1) is 18.6 Å². The van der Waals surface area contributed by atoms with Crippen LogP contribution in [0.2, 0.25) is 0 Å². The monoisotopic (exact) mass is 281 g/mol. The van der Waals surface area contributed by atoms with Crippen molar-refractivity contribution in [2.45, 2.75) is 6.92 Å². The van der Waals surface area contributed by atoms with Crippen LogP contribution in [0.1, 0.15) is 11.4 Å². The van der Waals surface area contributed by atoms with Gasteiger partial charge in [-0.25, -0.2) is 13.5 Å². The van der Waals surface area contributed by atoms with E-state index in [2.05, 4.69) is 17.3 Å². The Bertz CT molecular complexity index is 707. The molecule has 2 rings (SSSR count). The number of aromatic nitrogens is 2. The number of hydrogen-bond donors (Lipinski definition) is 1. The molecular formula is C12H9F2N3OS. The molecule has 0 aliphatic rings. The molecule has 2 aromatic rings. The molecule has 0 saturated heterocycles. The molecule has 0 radical (unpaired) electrons. The lowest BCUT2D eigenvalue weighted by molar-refractivity contribution is 0.554. The van der Waals surface area contributed by atoms with E-state index < -0.39 is 17.1 Å². The van der Waals surface area contributed by atoms with Crippen LogP contribution in [0.25, 0.3) is 5.69 Å². The molecule has 0 unspecified atom stereocenters. The number of nitrogens with two attached hydrogens (primary N) is 1. The summed E-state index contributed by atoms with van der Waals surface area (Å²) in [6.07, 6.45) is 0. The molecule has 0 aliphatic carbocycles. The van der Waals surface area contributed by atoms with Gasteiger partial charge in [0.2, 0.25) is 5.43 Å². The molecule has 1 heterocycles. The Hall–Kier alpha value is -2.15. The highest BCUT2D eigenvalue weighted by atomic mass is 32.1. The third-order valence-corrected chi connectivity index (χ3v) is 2.68. The Morgan fingerprint density at radius 3 is 2.47 bits per heavy atom. The lowest BCUT2D eigenvalue weighted by Gasteiger charge is -2.12. The van der Waals surface area contributed by atoms with Crippen molar-refractivity contribution < 1.29 is 8.78 Å². The number of para-hydroxylation sites is 1. The predicted octanol–water partition coefficient (Wildman–Crippen LogP) is 1.45. The molecule has 7 heteroatoms. The molecule has 98 valence electrons. The molecule has 0 fully saturated rings. The average Bonchev–Trinajstić information content (AvgIpc) is 2.30. The first-order valence-electron chi connectivity index (χ1n) is 5.27.